The van der Waals surface area contributed by atoms with Gasteiger partial charge in [-0.3, -0.25) is 4.79 Å². The van der Waals surface area contributed by atoms with E-state index in [1.54, 1.807) is 12.1 Å². The summed E-state index contributed by atoms with van der Waals surface area (Å²) in [5, 5.41) is 12.3. The molecule has 0 saturated carbocycles. The number of aryl methyl sites for hydroxylation is 1. The third-order valence-electron chi connectivity index (χ3n) is 6.25. The smallest absolute Gasteiger partial charge is 0.326 e. The average Bonchev–Trinajstić information content (AvgIpc) is 3.36. The van der Waals surface area contributed by atoms with Crippen LogP contribution in [0, 0.1) is 6.92 Å². The zero-order chi connectivity index (χ0) is 25.0. The molecule has 1 saturated heterocycles. The molecule has 3 aromatic rings. The van der Waals surface area contributed by atoms with Crippen LogP contribution in [-0.2, 0) is 26.0 Å². The van der Waals surface area contributed by atoms with E-state index in [4.69, 9.17) is 0 Å². The van der Waals surface area contributed by atoms with E-state index in [-0.39, 0.29) is 17.9 Å². The van der Waals surface area contributed by atoms with Gasteiger partial charge in [-0.1, -0.05) is 72.3 Å². The molecule has 4 rings (SSSR count). The van der Waals surface area contributed by atoms with Gasteiger partial charge in [0.15, 0.2) is 0 Å². The van der Waals surface area contributed by atoms with Gasteiger partial charge in [-0.2, -0.15) is 4.31 Å². The zero-order valence-electron chi connectivity index (χ0n) is 19.4. The number of hydrogen-bond acceptors (Lipinski definition) is 4. The van der Waals surface area contributed by atoms with Crippen LogP contribution in [0.2, 0.25) is 0 Å². The van der Waals surface area contributed by atoms with Gasteiger partial charge in [0.1, 0.15) is 12.1 Å². The molecule has 35 heavy (non-hydrogen) atoms. The van der Waals surface area contributed by atoms with Crippen molar-refractivity contribution in [3.63, 3.8) is 0 Å². The Morgan fingerprint density at radius 1 is 0.971 bits per heavy atom. The number of sulfonamides is 1. The van der Waals surface area contributed by atoms with E-state index in [9.17, 15) is 23.1 Å². The molecule has 7 nitrogen and oxygen atoms in total. The van der Waals surface area contributed by atoms with Gasteiger partial charge in [-0.05, 0) is 48.6 Å². The molecule has 0 spiro atoms. The third kappa shape index (κ3) is 5.61. The lowest BCUT2D eigenvalue weighted by Crippen LogP contribution is -2.51. The van der Waals surface area contributed by atoms with Gasteiger partial charge >= 0.3 is 5.97 Å². The van der Waals surface area contributed by atoms with Gasteiger partial charge in [0, 0.05) is 13.0 Å². The van der Waals surface area contributed by atoms with Crippen LogP contribution in [-0.4, -0.2) is 48.3 Å². The first kappa shape index (κ1) is 24.6. The lowest BCUT2D eigenvalue weighted by atomic mass is 10.0. The highest BCUT2D eigenvalue weighted by Gasteiger charge is 2.40. The van der Waals surface area contributed by atoms with Crippen molar-refractivity contribution in [1.29, 1.82) is 0 Å². The van der Waals surface area contributed by atoms with Crippen molar-refractivity contribution >= 4 is 21.9 Å². The second-order valence-corrected chi connectivity index (χ2v) is 10.6. The summed E-state index contributed by atoms with van der Waals surface area (Å²) in [6.07, 6.45) is 0.963. The minimum absolute atomic E-state index is 0.0908. The normalized spacial score (nSPS) is 17.1. The molecular weight excluding hydrogens is 464 g/mol. The van der Waals surface area contributed by atoms with Crippen LogP contribution in [0.3, 0.4) is 0 Å². The number of nitrogens with one attached hydrogen (secondary N) is 1. The van der Waals surface area contributed by atoms with E-state index in [1.807, 2.05) is 61.5 Å². The number of carbonyl (C=O) groups excluding carboxylic acids is 1. The lowest BCUT2D eigenvalue weighted by molar-refractivity contribution is -0.142. The SMILES string of the molecule is Cc1ccc(S(=O)(=O)N2CCC[C@H]2C(=O)N[C@@H](Cc2ccc(-c3ccccc3)cc2)C(=O)O)cc1. The molecule has 2 N–H and O–H groups in total. The fraction of sp³-hybridized carbons (Fsp3) is 0.259. The first-order chi connectivity index (χ1) is 16.8. The van der Waals surface area contributed by atoms with Crippen LogP contribution in [0.5, 0.6) is 0 Å². The Kier molecular flexibility index (Phi) is 7.33. The second-order valence-electron chi connectivity index (χ2n) is 8.75. The van der Waals surface area contributed by atoms with Gasteiger partial charge in [0.05, 0.1) is 4.90 Å². The van der Waals surface area contributed by atoms with Crippen molar-refractivity contribution in [2.45, 2.75) is 43.2 Å². The van der Waals surface area contributed by atoms with Crippen molar-refractivity contribution < 1.29 is 23.1 Å². The first-order valence-electron chi connectivity index (χ1n) is 11.5. The summed E-state index contributed by atoms with van der Waals surface area (Å²) in [6, 6.07) is 21.7. The Balaban J connectivity index is 1.46. The van der Waals surface area contributed by atoms with Crippen LogP contribution in [0.1, 0.15) is 24.0 Å². The predicted molar refractivity (Wildman–Crippen MR) is 133 cm³/mol. The first-order valence-corrected chi connectivity index (χ1v) is 13.0. The number of amides is 1. The molecule has 1 amide bonds. The molecule has 0 aromatic heterocycles. The lowest BCUT2D eigenvalue weighted by Gasteiger charge is -2.25. The average molecular weight is 493 g/mol. The number of rotatable bonds is 8. The van der Waals surface area contributed by atoms with Crippen LogP contribution in [0.4, 0.5) is 0 Å². The molecule has 3 aromatic carbocycles. The molecule has 1 aliphatic rings. The molecule has 8 heteroatoms. The van der Waals surface area contributed by atoms with Gasteiger partial charge < -0.3 is 10.4 Å². The van der Waals surface area contributed by atoms with E-state index < -0.39 is 34.0 Å². The van der Waals surface area contributed by atoms with Crippen molar-refractivity contribution in [1.82, 2.24) is 9.62 Å². The number of carboxylic acids is 1. The van der Waals surface area contributed by atoms with Crippen LogP contribution in [0.15, 0.2) is 83.8 Å². The van der Waals surface area contributed by atoms with Gasteiger partial charge in [0.2, 0.25) is 15.9 Å². The van der Waals surface area contributed by atoms with Crippen molar-refractivity contribution in [2.24, 2.45) is 0 Å². The molecule has 0 bridgehead atoms. The minimum Gasteiger partial charge on any atom is -0.480 e. The largest absolute Gasteiger partial charge is 0.480 e. The quantitative estimate of drug-likeness (QED) is 0.500. The van der Waals surface area contributed by atoms with E-state index in [1.165, 1.54) is 16.4 Å². The molecule has 1 fully saturated rings. The van der Waals surface area contributed by atoms with E-state index in [0.717, 1.165) is 22.3 Å². The monoisotopic (exact) mass is 492 g/mol. The predicted octanol–water partition coefficient (Wildman–Crippen LogP) is 3.63. The van der Waals surface area contributed by atoms with E-state index >= 15 is 0 Å². The Morgan fingerprint density at radius 2 is 1.60 bits per heavy atom. The summed E-state index contributed by atoms with van der Waals surface area (Å²) >= 11 is 0. The van der Waals surface area contributed by atoms with E-state index in [0.29, 0.717) is 12.8 Å². The van der Waals surface area contributed by atoms with Crippen molar-refractivity contribution in [2.75, 3.05) is 6.54 Å². The van der Waals surface area contributed by atoms with Crippen LogP contribution >= 0.6 is 0 Å². The molecule has 182 valence electrons. The number of hydrogen-bond donors (Lipinski definition) is 2. The molecule has 2 atom stereocenters. The summed E-state index contributed by atoms with van der Waals surface area (Å²) in [4.78, 5) is 25.1. The standard InChI is InChI=1S/C27H28N2O5S/c1-19-9-15-23(16-10-19)35(33,34)29-17-5-8-25(29)26(30)28-24(27(31)32)18-20-11-13-22(14-12-20)21-6-3-2-4-7-21/h2-4,6-7,9-16,24-25H,5,8,17-18H2,1H3,(H,28,30)(H,31,32)/t24-,25-/m0/s1. The Labute approximate surface area is 205 Å². The molecular formula is C27H28N2O5S. The Morgan fingerprint density at radius 3 is 2.23 bits per heavy atom. The summed E-state index contributed by atoms with van der Waals surface area (Å²) in [5.74, 6) is -1.76. The molecule has 1 heterocycles. The second kappa shape index (κ2) is 10.4. The summed E-state index contributed by atoms with van der Waals surface area (Å²) < 4.78 is 27.5. The maximum absolute atomic E-state index is 13.1. The van der Waals surface area contributed by atoms with E-state index in [2.05, 4.69) is 5.32 Å². The summed E-state index contributed by atoms with van der Waals surface area (Å²) in [6.45, 7) is 2.08. The summed E-state index contributed by atoms with van der Waals surface area (Å²) in [7, 11) is -3.87. The Bertz CT molecular complexity index is 1290. The highest BCUT2D eigenvalue weighted by molar-refractivity contribution is 7.89. The fourth-order valence-corrected chi connectivity index (χ4v) is 5.96. The summed E-state index contributed by atoms with van der Waals surface area (Å²) in [5.41, 5.74) is 3.75. The highest BCUT2D eigenvalue weighted by atomic mass is 32.2. The number of carbonyl (C=O) groups is 2. The fourth-order valence-electron chi connectivity index (χ4n) is 4.30. The van der Waals surface area contributed by atoms with Gasteiger partial charge in [-0.25, -0.2) is 13.2 Å². The zero-order valence-corrected chi connectivity index (χ0v) is 20.2. The highest BCUT2D eigenvalue weighted by Crippen LogP contribution is 2.27. The number of aliphatic carboxylic acids is 1. The van der Waals surface area contributed by atoms with Crippen molar-refractivity contribution in [3.05, 3.63) is 90.0 Å². The topological polar surface area (TPSA) is 104 Å². The molecule has 0 aliphatic carbocycles. The molecule has 0 radical (unpaired) electrons. The van der Waals surface area contributed by atoms with Gasteiger partial charge in [0.25, 0.3) is 0 Å². The minimum atomic E-state index is -3.87. The van der Waals surface area contributed by atoms with Crippen LogP contribution < -0.4 is 5.32 Å². The maximum atomic E-state index is 13.1. The van der Waals surface area contributed by atoms with Crippen molar-refractivity contribution in [3.8, 4) is 11.1 Å². The maximum Gasteiger partial charge on any atom is 0.326 e. The number of nitrogens with zero attached hydrogens (tertiary/aromatic N) is 1. The van der Waals surface area contributed by atoms with Gasteiger partial charge in [-0.15, -0.1) is 0 Å². The third-order valence-corrected chi connectivity index (χ3v) is 8.17. The van der Waals surface area contributed by atoms with Crippen LogP contribution in [0.25, 0.3) is 11.1 Å². The Hall–Kier alpha value is -3.49. The number of carboxylic acid groups (broad SMARTS) is 1. The number of benzene rings is 3. The molecule has 1 aliphatic heterocycles. The molecule has 0 unspecified atom stereocenters.